The summed E-state index contributed by atoms with van der Waals surface area (Å²) >= 11 is 0. The number of nitriles is 2. The Labute approximate surface area is 234 Å². The summed E-state index contributed by atoms with van der Waals surface area (Å²) < 4.78 is 13.8. The second kappa shape index (κ2) is 10.6. The van der Waals surface area contributed by atoms with Crippen LogP contribution in [0.25, 0.3) is 21.8 Å². The molecule has 0 aliphatic heterocycles. The molecule has 0 aliphatic rings. The fraction of sp³-hybridized carbons (Fsp3) is 0.0303. The van der Waals surface area contributed by atoms with Crippen LogP contribution in [-0.2, 0) is 0 Å². The van der Waals surface area contributed by atoms with Crippen LogP contribution in [0.5, 0.6) is 0 Å². The number of H-pyrrole nitrogens is 2. The molecule has 0 radical (unpaired) electrons. The minimum Gasteiger partial charge on any atom is -0.361 e. The quantitative estimate of drug-likeness (QED) is 0.167. The van der Waals surface area contributed by atoms with Gasteiger partial charge in [-0.2, -0.15) is 15.6 Å². The minimum atomic E-state index is -0.433. The van der Waals surface area contributed by atoms with E-state index in [1.165, 1.54) is 12.3 Å². The lowest BCUT2D eigenvalue weighted by Gasteiger charge is -2.18. The van der Waals surface area contributed by atoms with Crippen molar-refractivity contribution in [3.63, 3.8) is 0 Å². The van der Waals surface area contributed by atoms with Gasteiger partial charge in [0, 0.05) is 51.2 Å². The second-order valence-corrected chi connectivity index (χ2v) is 9.51. The zero-order chi connectivity index (χ0) is 28.3. The molecular weight excluding hydrogens is 515 g/mol. The third kappa shape index (κ3) is 4.82. The molecule has 6 rings (SSSR count). The van der Waals surface area contributed by atoms with Crippen molar-refractivity contribution in [3.05, 3.63) is 142 Å². The fourth-order valence-electron chi connectivity index (χ4n) is 5.06. The molecule has 1 amide bonds. The van der Waals surface area contributed by atoms with Crippen molar-refractivity contribution in [2.75, 3.05) is 0 Å². The van der Waals surface area contributed by atoms with Gasteiger partial charge in [-0.3, -0.25) is 4.79 Å². The predicted octanol–water partition coefficient (Wildman–Crippen LogP) is 6.48. The lowest BCUT2D eigenvalue weighted by Crippen LogP contribution is -2.17. The maximum absolute atomic E-state index is 13.8. The largest absolute Gasteiger partial charge is 0.361 e. The number of carbonyl (C=O) groups excluding carboxylic acids is 1. The van der Waals surface area contributed by atoms with E-state index in [9.17, 15) is 19.7 Å². The SMILES string of the molecule is N#Cc1ccc2[nH]cc(C(c3ccc(C(=O)N/N=C/c4ccccc4F)cc3)c3c[nH]c4ccc(C#N)cc34)c2c1. The van der Waals surface area contributed by atoms with E-state index < -0.39 is 11.7 Å². The van der Waals surface area contributed by atoms with Crippen LogP contribution >= 0.6 is 0 Å². The number of hydrogen-bond donors (Lipinski definition) is 3. The molecule has 2 aromatic heterocycles. The molecule has 2 heterocycles. The first-order chi connectivity index (χ1) is 20.1. The van der Waals surface area contributed by atoms with Crippen molar-refractivity contribution >= 4 is 33.9 Å². The summed E-state index contributed by atoms with van der Waals surface area (Å²) in [4.78, 5) is 19.4. The summed E-state index contributed by atoms with van der Waals surface area (Å²) in [5, 5.41) is 24.8. The molecule has 0 spiro atoms. The van der Waals surface area contributed by atoms with Gasteiger partial charge < -0.3 is 9.97 Å². The minimum absolute atomic E-state index is 0.266. The van der Waals surface area contributed by atoms with Gasteiger partial charge in [-0.05, 0) is 71.3 Å². The van der Waals surface area contributed by atoms with Gasteiger partial charge in [-0.25, -0.2) is 9.82 Å². The molecule has 0 fully saturated rings. The van der Waals surface area contributed by atoms with Crippen LogP contribution in [0.3, 0.4) is 0 Å². The van der Waals surface area contributed by atoms with Gasteiger partial charge in [0.2, 0.25) is 0 Å². The summed E-state index contributed by atoms with van der Waals surface area (Å²) in [5.74, 6) is -1.15. The first-order valence-corrected chi connectivity index (χ1v) is 12.8. The van der Waals surface area contributed by atoms with E-state index in [-0.39, 0.29) is 11.5 Å². The van der Waals surface area contributed by atoms with Crippen LogP contribution in [0.4, 0.5) is 4.39 Å². The first-order valence-electron chi connectivity index (χ1n) is 12.8. The molecule has 7 nitrogen and oxygen atoms in total. The highest BCUT2D eigenvalue weighted by molar-refractivity contribution is 5.95. The zero-order valence-corrected chi connectivity index (χ0v) is 21.5. The van der Waals surface area contributed by atoms with E-state index in [0.717, 1.165) is 38.5 Å². The number of benzene rings is 4. The normalized spacial score (nSPS) is 11.2. The summed E-state index contributed by atoms with van der Waals surface area (Å²) in [5.41, 5.74) is 8.78. The number of hydrogen-bond acceptors (Lipinski definition) is 4. The monoisotopic (exact) mass is 536 g/mol. The summed E-state index contributed by atoms with van der Waals surface area (Å²) in [6.07, 6.45) is 5.12. The van der Waals surface area contributed by atoms with Crippen molar-refractivity contribution in [2.45, 2.75) is 5.92 Å². The average Bonchev–Trinajstić information content (AvgIpc) is 3.62. The van der Waals surface area contributed by atoms with Crippen LogP contribution in [0, 0.1) is 28.5 Å². The number of fused-ring (bicyclic) bond motifs is 2. The molecular formula is C33H21FN6O. The number of amides is 1. The molecule has 6 aromatic rings. The Morgan fingerprint density at radius 1 is 0.829 bits per heavy atom. The Balaban J connectivity index is 1.39. The van der Waals surface area contributed by atoms with Crippen molar-refractivity contribution < 1.29 is 9.18 Å². The van der Waals surface area contributed by atoms with E-state index in [1.807, 2.05) is 48.8 Å². The summed E-state index contributed by atoms with van der Waals surface area (Å²) in [6, 6.07) is 28.8. The van der Waals surface area contributed by atoms with Crippen molar-refractivity contribution in [1.29, 1.82) is 10.5 Å². The molecule has 41 heavy (non-hydrogen) atoms. The van der Waals surface area contributed by atoms with Crippen molar-refractivity contribution in [2.24, 2.45) is 5.10 Å². The first kappa shape index (κ1) is 25.3. The molecule has 3 N–H and O–H groups in total. The van der Waals surface area contributed by atoms with Gasteiger partial charge in [0.1, 0.15) is 5.82 Å². The van der Waals surface area contributed by atoms with Crippen LogP contribution in [0.1, 0.15) is 49.7 Å². The molecule has 0 unspecified atom stereocenters. The van der Waals surface area contributed by atoms with E-state index in [2.05, 4.69) is 32.6 Å². The topological polar surface area (TPSA) is 121 Å². The highest BCUT2D eigenvalue weighted by Crippen LogP contribution is 2.40. The fourth-order valence-corrected chi connectivity index (χ4v) is 5.06. The van der Waals surface area contributed by atoms with Crippen LogP contribution in [-0.4, -0.2) is 22.1 Å². The van der Waals surface area contributed by atoms with Gasteiger partial charge in [-0.15, -0.1) is 0 Å². The van der Waals surface area contributed by atoms with Crippen molar-refractivity contribution in [3.8, 4) is 12.1 Å². The Kier molecular flexibility index (Phi) is 6.57. The molecule has 0 bridgehead atoms. The predicted molar refractivity (Wildman–Crippen MR) is 155 cm³/mol. The van der Waals surface area contributed by atoms with Gasteiger partial charge in [0.15, 0.2) is 0 Å². The Hall–Kier alpha value is -5.99. The number of halogens is 1. The Morgan fingerprint density at radius 3 is 1.98 bits per heavy atom. The van der Waals surface area contributed by atoms with Gasteiger partial charge >= 0.3 is 0 Å². The second-order valence-electron chi connectivity index (χ2n) is 9.51. The summed E-state index contributed by atoms with van der Waals surface area (Å²) in [6.45, 7) is 0. The maximum atomic E-state index is 13.8. The van der Waals surface area contributed by atoms with Crippen LogP contribution in [0.15, 0.2) is 102 Å². The number of rotatable bonds is 6. The Morgan fingerprint density at radius 2 is 1.41 bits per heavy atom. The van der Waals surface area contributed by atoms with Crippen LogP contribution < -0.4 is 5.43 Å². The highest BCUT2D eigenvalue weighted by atomic mass is 19.1. The molecule has 0 saturated carbocycles. The molecule has 0 aliphatic carbocycles. The van der Waals surface area contributed by atoms with E-state index in [0.29, 0.717) is 16.7 Å². The molecule has 4 aromatic carbocycles. The van der Waals surface area contributed by atoms with E-state index in [1.54, 1.807) is 42.5 Å². The lowest BCUT2D eigenvalue weighted by molar-refractivity contribution is 0.0955. The van der Waals surface area contributed by atoms with Gasteiger partial charge in [0.05, 0.1) is 29.5 Å². The smallest absolute Gasteiger partial charge is 0.271 e. The number of nitrogens with one attached hydrogen (secondary N) is 3. The van der Waals surface area contributed by atoms with E-state index >= 15 is 0 Å². The molecule has 196 valence electrons. The maximum Gasteiger partial charge on any atom is 0.271 e. The number of carbonyl (C=O) groups is 1. The number of hydrazone groups is 1. The summed E-state index contributed by atoms with van der Waals surface area (Å²) in [7, 11) is 0. The lowest BCUT2D eigenvalue weighted by atomic mass is 9.84. The molecule has 0 atom stereocenters. The third-order valence-corrected chi connectivity index (χ3v) is 7.09. The molecule has 8 heteroatoms. The van der Waals surface area contributed by atoms with Gasteiger partial charge in [-0.1, -0.05) is 30.3 Å². The third-order valence-electron chi connectivity index (χ3n) is 7.09. The standard InChI is InChI=1S/C33H21FN6O/c34-29-4-2-1-3-24(29)17-39-40-33(41)23-9-7-22(8-10-23)32(27-18-37-30-11-5-20(15-35)13-25(27)30)28-19-38-31-12-6-21(16-36)14-26(28)31/h1-14,17-19,32,37-38H,(H,40,41)/b39-17+. The number of aromatic nitrogens is 2. The molecule has 0 saturated heterocycles. The number of aromatic amines is 2. The van der Waals surface area contributed by atoms with Crippen LogP contribution in [0.2, 0.25) is 0 Å². The van der Waals surface area contributed by atoms with E-state index in [4.69, 9.17) is 0 Å². The Bertz CT molecular complexity index is 1950. The number of nitrogens with zero attached hydrogens (tertiary/aromatic N) is 3. The highest BCUT2D eigenvalue weighted by Gasteiger charge is 2.24. The zero-order valence-electron chi connectivity index (χ0n) is 21.5. The average molecular weight is 537 g/mol. The van der Waals surface area contributed by atoms with Gasteiger partial charge in [0.25, 0.3) is 5.91 Å². The van der Waals surface area contributed by atoms with Crippen molar-refractivity contribution in [1.82, 2.24) is 15.4 Å².